The summed E-state index contributed by atoms with van der Waals surface area (Å²) < 4.78 is 0. The van der Waals surface area contributed by atoms with Gasteiger partial charge in [0, 0.05) is 19.3 Å². The van der Waals surface area contributed by atoms with Gasteiger partial charge in [0.25, 0.3) is 5.91 Å². The first-order valence-corrected chi connectivity index (χ1v) is 5.07. The van der Waals surface area contributed by atoms with Crippen LogP contribution in [0.4, 0.5) is 0 Å². The van der Waals surface area contributed by atoms with E-state index in [1.165, 1.54) is 6.20 Å². The Hall–Kier alpha value is -2.42. The van der Waals surface area contributed by atoms with Crippen molar-refractivity contribution in [3.05, 3.63) is 30.1 Å². The highest BCUT2D eigenvalue weighted by Crippen LogP contribution is 1.91. The van der Waals surface area contributed by atoms with Gasteiger partial charge in [0.15, 0.2) is 0 Å². The van der Waals surface area contributed by atoms with E-state index < -0.39 is 0 Å². The van der Waals surface area contributed by atoms with Crippen LogP contribution < -0.4 is 10.6 Å². The van der Waals surface area contributed by atoms with Crippen molar-refractivity contribution >= 4 is 11.8 Å². The van der Waals surface area contributed by atoms with Gasteiger partial charge >= 0.3 is 0 Å². The number of carbonyl (C=O) groups excluding carboxylic acids is 2. The van der Waals surface area contributed by atoms with Crippen molar-refractivity contribution in [1.29, 1.82) is 5.26 Å². The number of pyridine rings is 1. The average Bonchev–Trinajstić information content (AvgIpc) is 2.36. The van der Waals surface area contributed by atoms with Crippen LogP contribution in [0.5, 0.6) is 0 Å². The Morgan fingerprint density at radius 1 is 1.29 bits per heavy atom. The molecule has 0 bridgehead atoms. The number of carbonyl (C=O) groups is 2. The first-order valence-electron chi connectivity index (χ1n) is 5.07. The monoisotopic (exact) mass is 232 g/mol. The zero-order chi connectivity index (χ0) is 12.5. The number of nitrogens with one attached hydrogen (secondary N) is 2. The molecule has 0 aliphatic rings. The second-order valence-electron chi connectivity index (χ2n) is 3.16. The van der Waals surface area contributed by atoms with Crippen molar-refractivity contribution in [2.75, 3.05) is 13.1 Å². The van der Waals surface area contributed by atoms with Gasteiger partial charge in [-0.1, -0.05) is 6.07 Å². The molecule has 2 N–H and O–H groups in total. The van der Waals surface area contributed by atoms with E-state index in [4.69, 9.17) is 5.26 Å². The van der Waals surface area contributed by atoms with Crippen molar-refractivity contribution in [2.45, 2.75) is 6.42 Å². The Labute approximate surface area is 98.7 Å². The van der Waals surface area contributed by atoms with E-state index >= 15 is 0 Å². The van der Waals surface area contributed by atoms with E-state index in [1.54, 1.807) is 24.3 Å². The second kappa shape index (κ2) is 6.95. The van der Waals surface area contributed by atoms with E-state index in [-0.39, 0.29) is 18.2 Å². The molecule has 6 heteroatoms. The summed E-state index contributed by atoms with van der Waals surface area (Å²) in [6.07, 6.45) is 1.36. The Kier molecular flexibility index (Phi) is 5.17. The smallest absolute Gasteiger partial charge is 0.269 e. The van der Waals surface area contributed by atoms with E-state index in [1.807, 2.05) is 0 Å². The van der Waals surface area contributed by atoms with Crippen LogP contribution in [0.1, 0.15) is 16.9 Å². The number of hydrogen-bond donors (Lipinski definition) is 2. The lowest BCUT2D eigenvalue weighted by atomic mass is 10.3. The van der Waals surface area contributed by atoms with Gasteiger partial charge in [-0.3, -0.25) is 14.6 Å². The first-order chi connectivity index (χ1) is 8.24. The molecule has 1 aromatic heterocycles. The predicted octanol–water partition coefficient (Wildman–Crippen LogP) is -0.159. The fraction of sp³-hybridized carbons (Fsp3) is 0.273. The molecule has 1 heterocycles. The van der Waals surface area contributed by atoms with Crippen LogP contribution in [0.2, 0.25) is 0 Å². The quantitative estimate of drug-likeness (QED) is 0.690. The summed E-state index contributed by atoms with van der Waals surface area (Å²) in [5.41, 5.74) is 0.329. The maximum absolute atomic E-state index is 11.5. The molecule has 0 spiro atoms. The van der Waals surface area contributed by atoms with Crippen LogP contribution in [0, 0.1) is 11.3 Å². The topological polar surface area (TPSA) is 94.9 Å². The lowest BCUT2D eigenvalue weighted by Gasteiger charge is -2.05. The summed E-state index contributed by atoms with van der Waals surface area (Å²) in [4.78, 5) is 26.3. The Morgan fingerprint density at radius 2 is 2.06 bits per heavy atom. The molecule has 0 aliphatic carbocycles. The maximum atomic E-state index is 11.5. The van der Waals surface area contributed by atoms with Gasteiger partial charge in [0.05, 0.1) is 6.07 Å². The number of nitrogens with zero attached hydrogens (tertiary/aromatic N) is 2. The number of rotatable bonds is 5. The van der Waals surface area contributed by atoms with Crippen LogP contribution >= 0.6 is 0 Å². The fourth-order valence-electron chi connectivity index (χ4n) is 1.10. The van der Waals surface area contributed by atoms with E-state index in [0.717, 1.165) is 0 Å². The highest BCUT2D eigenvalue weighted by Gasteiger charge is 2.05. The van der Waals surface area contributed by atoms with Gasteiger partial charge in [0.1, 0.15) is 12.1 Å². The third-order valence-electron chi connectivity index (χ3n) is 1.87. The Bertz CT molecular complexity index is 425. The molecule has 0 saturated carbocycles. The van der Waals surface area contributed by atoms with Gasteiger partial charge in [-0.15, -0.1) is 0 Å². The van der Waals surface area contributed by atoms with Crippen molar-refractivity contribution in [3.63, 3.8) is 0 Å². The molecule has 88 valence electrons. The molecule has 0 fully saturated rings. The van der Waals surface area contributed by atoms with Crippen LogP contribution in [0.15, 0.2) is 24.4 Å². The molecule has 0 saturated heterocycles. The zero-order valence-electron chi connectivity index (χ0n) is 9.14. The van der Waals surface area contributed by atoms with Crippen LogP contribution in [0.3, 0.4) is 0 Å². The minimum Gasteiger partial charge on any atom is -0.353 e. The molecule has 0 atom stereocenters. The minimum absolute atomic E-state index is 0.172. The van der Waals surface area contributed by atoms with Crippen molar-refractivity contribution in [3.8, 4) is 6.07 Å². The number of nitriles is 1. The summed E-state index contributed by atoms with van der Waals surface area (Å²) in [6, 6.07) is 6.77. The molecule has 2 amide bonds. The molecule has 1 aromatic rings. The standard InChI is InChI=1S/C11H12N4O2/c12-5-4-10(16)14-7-8-15-11(17)9-3-1-2-6-13-9/h1-3,6H,4,7-8H2,(H,14,16)(H,15,17). The second-order valence-corrected chi connectivity index (χ2v) is 3.16. The van der Waals surface area contributed by atoms with Crippen molar-refractivity contribution in [1.82, 2.24) is 15.6 Å². The molecule has 6 nitrogen and oxygen atoms in total. The molecule has 17 heavy (non-hydrogen) atoms. The Balaban J connectivity index is 2.22. The average molecular weight is 232 g/mol. The van der Waals surface area contributed by atoms with Crippen LogP contribution in [-0.4, -0.2) is 29.9 Å². The first kappa shape index (κ1) is 12.6. The number of amides is 2. The summed E-state index contributed by atoms with van der Waals surface area (Å²) in [6.45, 7) is 0.589. The van der Waals surface area contributed by atoms with E-state index in [0.29, 0.717) is 18.8 Å². The molecule has 1 rings (SSSR count). The molecule has 0 unspecified atom stereocenters. The maximum Gasteiger partial charge on any atom is 0.269 e. The van der Waals surface area contributed by atoms with Gasteiger partial charge in [-0.05, 0) is 12.1 Å². The zero-order valence-corrected chi connectivity index (χ0v) is 9.14. The molecular weight excluding hydrogens is 220 g/mol. The molecular formula is C11H12N4O2. The van der Waals surface area contributed by atoms with E-state index in [2.05, 4.69) is 15.6 Å². The molecule has 0 radical (unpaired) electrons. The normalized spacial score (nSPS) is 9.12. The minimum atomic E-state index is -0.348. The molecule has 0 aliphatic heterocycles. The van der Waals surface area contributed by atoms with Gasteiger partial charge in [0.2, 0.25) is 5.91 Å². The summed E-state index contributed by atoms with van der Waals surface area (Å²) >= 11 is 0. The predicted molar refractivity (Wildman–Crippen MR) is 59.8 cm³/mol. The highest BCUT2D eigenvalue weighted by atomic mass is 16.2. The third-order valence-corrected chi connectivity index (χ3v) is 1.87. The van der Waals surface area contributed by atoms with Crippen LogP contribution in [0.25, 0.3) is 0 Å². The summed E-state index contributed by atoms with van der Waals surface area (Å²) in [5.74, 6) is -0.639. The lowest BCUT2D eigenvalue weighted by molar-refractivity contribution is -0.120. The van der Waals surface area contributed by atoms with Gasteiger partial charge < -0.3 is 10.6 Å². The number of aromatic nitrogens is 1. The lowest BCUT2D eigenvalue weighted by Crippen LogP contribution is -2.34. The van der Waals surface area contributed by atoms with Gasteiger partial charge in [-0.2, -0.15) is 5.26 Å². The van der Waals surface area contributed by atoms with Gasteiger partial charge in [-0.25, -0.2) is 0 Å². The Morgan fingerprint density at radius 3 is 2.71 bits per heavy atom. The highest BCUT2D eigenvalue weighted by molar-refractivity contribution is 5.92. The van der Waals surface area contributed by atoms with Crippen molar-refractivity contribution < 1.29 is 9.59 Å². The van der Waals surface area contributed by atoms with E-state index in [9.17, 15) is 9.59 Å². The summed E-state index contributed by atoms with van der Waals surface area (Å²) in [7, 11) is 0. The van der Waals surface area contributed by atoms with Crippen molar-refractivity contribution in [2.24, 2.45) is 0 Å². The fourth-order valence-corrected chi connectivity index (χ4v) is 1.10. The third kappa shape index (κ3) is 4.75. The molecule has 0 aromatic carbocycles. The number of hydrogen-bond acceptors (Lipinski definition) is 4. The van der Waals surface area contributed by atoms with Crippen LogP contribution in [-0.2, 0) is 4.79 Å². The summed E-state index contributed by atoms with van der Waals surface area (Å²) in [5, 5.41) is 13.3. The largest absolute Gasteiger partial charge is 0.353 e. The SMILES string of the molecule is N#CCC(=O)NCCNC(=O)c1ccccn1.